The number of piperazine rings is 1. The minimum atomic E-state index is -0.305. The van der Waals surface area contributed by atoms with Crippen molar-refractivity contribution >= 4 is 29.3 Å². The van der Waals surface area contributed by atoms with Crippen LogP contribution in [0.25, 0.3) is 0 Å². The number of nitrogens with two attached hydrogens (primary N) is 1. The van der Waals surface area contributed by atoms with E-state index < -0.39 is 0 Å². The molecule has 1 aromatic rings. The van der Waals surface area contributed by atoms with Gasteiger partial charge in [-0.1, -0.05) is 24.4 Å². The number of amides is 2. The quantitative estimate of drug-likeness (QED) is 0.162. The summed E-state index contributed by atoms with van der Waals surface area (Å²) in [6, 6.07) is 6.81. The fourth-order valence-electron chi connectivity index (χ4n) is 4.69. The fraction of sp³-hybridized carbons (Fsp3) is 0.583. The van der Waals surface area contributed by atoms with Gasteiger partial charge < -0.3 is 30.8 Å². The highest BCUT2D eigenvalue weighted by molar-refractivity contribution is 5.97. The average Bonchev–Trinajstić information content (AvgIpc) is 2.85. The lowest BCUT2D eigenvalue weighted by Crippen LogP contribution is -2.54. The molecule has 1 unspecified atom stereocenters. The first-order valence-electron chi connectivity index (χ1n) is 12.0. The van der Waals surface area contributed by atoms with E-state index >= 15 is 0 Å². The summed E-state index contributed by atoms with van der Waals surface area (Å²) in [5, 5.41) is 14.8. The monoisotopic (exact) mass is 473 g/mol. The standard InChI is InChI=1S/C24H35N5O5/c1-2-34-23(32)14-20(17-6-4-3-5-7-17)26-21(30)15-29-13-12-28(16-22(29)31)19-10-8-18(9-11-19)24(25)27-33/h8-11,17,20,33H,2-7,12-16H2,1H3,(H2,25,27)(H,26,30). The second kappa shape index (κ2) is 12.2. The zero-order valence-corrected chi connectivity index (χ0v) is 19.7. The number of nitrogens with one attached hydrogen (secondary N) is 1. The van der Waals surface area contributed by atoms with Crippen LogP contribution in [0.4, 0.5) is 5.69 Å². The van der Waals surface area contributed by atoms with Gasteiger partial charge in [-0.3, -0.25) is 14.4 Å². The molecule has 10 heteroatoms. The fourth-order valence-corrected chi connectivity index (χ4v) is 4.69. The van der Waals surface area contributed by atoms with Gasteiger partial charge in [-0.2, -0.15) is 0 Å². The third-order valence-corrected chi connectivity index (χ3v) is 6.55. The second-order valence-corrected chi connectivity index (χ2v) is 8.85. The molecule has 34 heavy (non-hydrogen) atoms. The Labute approximate surface area is 200 Å². The molecule has 2 aliphatic rings. The van der Waals surface area contributed by atoms with E-state index in [1.807, 2.05) is 17.0 Å². The molecule has 1 aliphatic heterocycles. The van der Waals surface area contributed by atoms with Crippen LogP contribution in [0.5, 0.6) is 0 Å². The van der Waals surface area contributed by atoms with Gasteiger partial charge in [-0.25, -0.2) is 0 Å². The number of ether oxygens (including phenoxy) is 1. The Morgan fingerprint density at radius 1 is 1.21 bits per heavy atom. The molecular weight excluding hydrogens is 438 g/mol. The molecule has 1 atom stereocenters. The molecule has 4 N–H and O–H groups in total. The van der Waals surface area contributed by atoms with Crippen LogP contribution < -0.4 is 16.0 Å². The smallest absolute Gasteiger partial charge is 0.307 e. The van der Waals surface area contributed by atoms with Crippen molar-refractivity contribution in [2.45, 2.75) is 51.5 Å². The van der Waals surface area contributed by atoms with Crippen LogP contribution in [0.3, 0.4) is 0 Å². The number of benzene rings is 1. The molecule has 0 aromatic heterocycles. The van der Waals surface area contributed by atoms with Gasteiger partial charge in [0, 0.05) is 30.4 Å². The van der Waals surface area contributed by atoms with E-state index in [0.717, 1.165) is 31.4 Å². The summed E-state index contributed by atoms with van der Waals surface area (Å²) in [6.07, 6.45) is 5.50. The summed E-state index contributed by atoms with van der Waals surface area (Å²) in [7, 11) is 0. The Hall–Kier alpha value is -3.30. The second-order valence-electron chi connectivity index (χ2n) is 8.85. The van der Waals surface area contributed by atoms with Crippen molar-refractivity contribution in [2.24, 2.45) is 16.8 Å². The maximum atomic E-state index is 12.8. The number of carbonyl (C=O) groups is 3. The largest absolute Gasteiger partial charge is 0.466 e. The van der Waals surface area contributed by atoms with Gasteiger partial charge in [0.15, 0.2) is 5.84 Å². The van der Waals surface area contributed by atoms with E-state index in [9.17, 15) is 14.4 Å². The SMILES string of the molecule is CCOC(=O)CC(NC(=O)CN1CCN(c2ccc(C(N)=NO)cc2)CC1=O)C1CCCCC1. The zero-order chi connectivity index (χ0) is 24.5. The molecule has 1 saturated heterocycles. The first-order chi connectivity index (χ1) is 16.4. The molecule has 0 radical (unpaired) electrons. The number of anilines is 1. The molecule has 1 aliphatic carbocycles. The minimum absolute atomic E-state index is 0.0212. The van der Waals surface area contributed by atoms with Crippen molar-refractivity contribution in [3.05, 3.63) is 29.8 Å². The van der Waals surface area contributed by atoms with Crippen LogP contribution in [-0.2, 0) is 19.1 Å². The molecule has 0 bridgehead atoms. The van der Waals surface area contributed by atoms with Gasteiger partial charge in [0.2, 0.25) is 11.8 Å². The Morgan fingerprint density at radius 2 is 1.91 bits per heavy atom. The lowest BCUT2D eigenvalue weighted by atomic mass is 9.82. The molecule has 2 amide bonds. The topological polar surface area (TPSA) is 138 Å². The van der Waals surface area contributed by atoms with Gasteiger partial charge in [-0.15, -0.1) is 0 Å². The predicted molar refractivity (Wildman–Crippen MR) is 128 cm³/mol. The van der Waals surface area contributed by atoms with Crippen LogP contribution in [0.15, 0.2) is 29.4 Å². The van der Waals surface area contributed by atoms with Gasteiger partial charge >= 0.3 is 5.97 Å². The van der Waals surface area contributed by atoms with Crippen LogP contribution in [0.1, 0.15) is 51.0 Å². The summed E-state index contributed by atoms with van der Waals surface area (Å²) in [5.74, 6) is -0.414. The van der Waals surface area contributed by atoms with Crippen molar-refractivity contribution in [2.75, 3.05) is 37.7 Å². The molecule has 1 heterocycles. The van der Waals surface area contributed by atoms with Crippen molar-refractivity contribution < 1.29 is 24.3 Å². The molecule has 0 spiro atoms. The zero-order valence-electron chi connectivity index (χ0n) is 19.7. The lowest BCUT2D eigenvalue weighted by Gasteiger charge is -2.36. The van der Waals surface area contributed by atoms with E-state index in [4.69, 9.17) is 15.7 Å². The van der Waals surface area contributed by atoms with Crippen LogP contribution >= 0.6 is 0 Å². The van der Waals surface area contributed by atoms with Gasteiger partial charge in [-0.05, 0) is 49.9 Å². The normalized spacial score (nSPS) is 18.5. The minimum Gasteiger partial charge on any atom is -0.466 e. The number of oxime groups is 1. The summed E-state index contributed by atoms with van der Waals surface area (Å²) in [5.41, 5.74) is 7.03. The van der Waals surface area contributed by atoms with E-state index in [0.29, 0.717) is 25.3 Å². The van der Waals surface area contributed by atoms with Crippen molar-refractivity contribution in [3.63, 3.8) is 0 Å². The van der Waals surface area contributed by atoms with Crippen molar-refractivity contribution in [3.8, 4) is 0 Å². The number of carbonyl (C=O) groups excluding carboxylic acids is 3. The Balaban J connectivity index is 1.54. The third kappa shape index (κ3) is 6.85. The Morgan fingerprint density at radius 3 is 2.53 bits per heavy atom. The first-order valence-corrected chi connectivity index (χ1v) is 12.0. The molecule has 1 aromatic carbocycles. The average molecular weight is 474 g/mol. The molecule has 186 valence electrons. The number of nitrogens with zero attached hydrogens (tertiary/aromatic N) is 3. The maximum absolute atomic E-state index is 12.8. The molecule has 10 nitrogen and oxygen atoms in total. The van der Waals surface area contributed by atoms with E-state index in [1.165, 1.54) is 6.42 Å². The highest BCUT2D eigenvalue weighted by Gasteiger charge is 2.30. The Kier molecular flexibility index (Phi) is 9.12. The highest BCUT2D eigenvalue weighted by Crippen LogP contribution is 2.28. The Bertz CT molecular complexity index is 882. The van der Waals surface area contributed by atoms with Crippen LogP contribution in [0.2, 0.25) is 0 Å². The summed E-state index contributed by atoms with van der Waals surface area (Å²) in [6.45, 7) is 3.21. The lowest BCUT2D eigenvalue weighted by molar-refractivity contribution is -0.144. The summed E-state index contributed by atoms with van der Waals surface area (Å²) >= 11 is 0. The van der Waals surface area contributed by atoms with Gasteiger partial charge in [0.1, 0.15) is 0 Å². The number of amidine groups is 1. The molecule has 2 fully saturated rings. The highest BCUT2D eigenvalue weighted by atomic mass is 16.5. The molecule has 1 saturated carbocycles. The third-order valence-electron chi connectivity index (χ3n) is 6.55. The number of hydrogen-bond donors (Lipinski definition) is 3. The number of hydrogen-bond acceptors (Lipinski definition) is 7. The van der Waals surface area contributed by atoms with E-state index in [1.54, 1.807) is 24.0 Å². The molecule has 3 rings (SSSR count). The summed E-state index contributed by atoms with van der Waals surface area (Å²) in [4.78, 5) is 41.1. The summed E-state index contributed by atoms with van der Waals surface area (Å²) < 4.78 is 5.11. The van der Waals surface area contributed by atoms with Crippen molar-refractivity contribution in [1.82, 2.24) is 10.2 Å². The van der Waals surface area contributed by atoms with E-state index in [-0.39, 0.29) is 55.1 Å². The van der Waals surface area contributed by atoms with E-state index in [2.05, 4.69) is 10.5 Å². The van der Waals surface area contributed by atoms with Gasteiger partial charge in [0.25, 0.3) is 0 Å². The van der Waals surface area contributed by atoms with Crippen LogP contribution in [-0.4, -0.2) is 72.6 Å². The molecular formula is C24H35N5O5. The first kappa shape index (κ1) is 25.3. The van der Waals surface area contributed by atoms with Gasteiger partial charge in [0.05, 0.1) is 26.1 Å². The van der Waals surface area contributed by atoms with Crippen LogP contribution in [0, 0.1) is 5.92 Å². The predicted octanol–water partition coefficient (Wildman–Crippen LogP) is 1.45. The van der Waals surface area contributed by atoms with Crippen molar-refractivity contribution in [1.29, 1.82) is 0 Å². The number of esters is 1. The number of rotatable bonds is 9. The maximum Gasteiger partial charge on any atom is 0.307 e.